The monoisotopic (exact) mass is 262 g/mol. The second kappa shape index (κ2) is 5.43. The zero-order valence-corrected chi connectivity index (χ0v) is 11.5. The van der Waals surface area contributed by atoms with Crippen molar-refractivity contribution in [2.75, 3.05) is 18.1 Å². The fourth-order valence-electron chi connectivity index (χ4n) is 3.16. The molecule has 0 aromatic carbocycles. The third kappa shape index (κ3) is 2.44. The zero-order valence-electron chi connectivity index (χ0n) is 11.5. The molecule has 1 aliphatic heterocycles. The largest absolute Gasteiger partial charge is 0.374 e. The number of aryl methyl sites for hydroxylation is 1. The van der Waals surface area contributed by atoms with Gasteiger partial charge in [-0.25, -0.2) is 9.97 Å². The first-order valence-corrected chi connectivity index (χ1v) is 7.20. The quantitative estimate of drug-likeness (QED) is 0.872. The molecule has 2 N–H and O–H groups in total. The summed E-state index contributed by atoms with van der Waals surface area (Å²) in [6.45, 7) is 4.18. The van der Waals surface area contributed by atoms with Crippen LogP contribution in [0.2, 0.25) is 0 Å². The molecule has 0 amide bonds. The smallest absolute Gasteiger partial charge is 0.225 e. The van der Waals surface area contributed by atoms with Crippen LogP contribution in [-0.2, 0) is 11.3 Å². The molecule has 1 saturated heterocycles. The number of aromatic nitrogens is 2. The van der Waals surface area contributed by atoms with Gasteiger partial charge in [-0.3, -0.25) is 0 Å². The van der Waals surface area contributed by atoms with Gasteiger partial charge in [0.05, 0.1) is 18.8 Å². The van der Waals surface area contributed by atoms with Gasteiger partial charge in [0.1, 0.15) is 0 Å². The first-order chi connectivity index (χ1) is 9.29. The fraction of sp³-hybridized carbons (Fsp3) is 0.714. The molecular weight excluding hydrogens is 240 g/mol. The molecule has 2 fully saturated rings. The number of hydrogen-bond acceptors (Lipinski definition) is 5. The van der Waals surface area contributed by atoms with Gasteiger partial charge in [-0.2, -0.15) is 0 Å². The van der Waals surface area contributed by atoms with Crippen molar-refractivity contribution in [2.24, 2.45) is 5.73 Å². The summed E-state index contributed by atoms with van der Waals surface area (Å²) < 4.78 is 5.89. The standard InChI is InChI=1S/C14H22N4O/c1-10-11(8-15)9-16-14(17-10)18-6-7-19-13-5-3-2-4-12(13)18/h9,12-13H,2-8,15H2,1H3. The summed E-state index contributed by atoms with van der Waals surface area (Å²) in [6.07, 6.45) is 7.14. The van der Waals surface area contributed by atoms with Gasteiger partial charge in [0.15, 0.2) is 0 Å². The van der Waals surface area contributed by atoms with E-state index in [4.69, 9.17) is 10.5 Å². The summed E-state index contributed by atoms with van der Waals surface area (Å²) in [6, 6.07) is 0.450. The Bertz CT molecular complexity index is 449. The van der Waals surface area contributed by atoms with Crippen LogP contribution in [0.4, 0.5) is 5.95 Å². The highest BCUT2D eigenvalue weighted by molar-refractivity contribution is 5.36. The normalized spacial score (nSPS) is 27.2. The van der Waals surface area contributed by atoms with Crippen LogP contribution in [0.1, 0.15) is 36.9 Å². The number of ether oxygens (including phenoxy) is 1. The molecule has 5 nitrogen and oxygen atoms in total. The molecule has 2 unspecified atom stereocenters. The Hall–Kier alpha value is -1.20. The van der Waals surface area contributed by atoms with Crippen molar-refractivity contribution >= 4 is 5.95 Å². The van der Waals surface area contributed by atoms with Gasteiger partial charge in [0, 0.05) is 30.5 Å². The molecule has 104 valence electrons. The number of anilines is 1. The lowest BCUT2D eigenvalue weighted by atomic mass is 9.90. The maximum absolute atomic E-state index is 5.89. The van der Waals surface area contributed by atoms with Crippen molar-refractivity contribution in [1.82, 2.24) is 9.97 Å². The van der Waals surface area contributed by atoms with E-state index in [9.17, 15) is 0 Å². The van der Waals surface area contributed by atoms with Gasteiger partial charge in [0.2, 0.25) is 5.95 Å². The van der Waals surface area contributed by atoms with E-state index in [0.29, 0.717) is 18.7 Å². The number of nitrogens with zero attached hydrogens (tertiary/aromatic N) is 3. The van der Waals surface area contributed by atoms with Crippen molar-refractivity contribution in [3.8, 4) is 0 Å². The molecule has 3 rings (SSSR count). The molecule has 2 aliphatic rings. The molecule has 0 radical (unpaired) electrons. The molecule has 2 atom stereocenters. The summed E-state index contributed by atoms with van der Waals surface area (Å²) >= 11 is 0. The molecule has 1 aromatic rings. The van der Waals surface area contributed by atoms with E-state index in [0.717, 1.165) is 30.4 Å². The lowest BCUT2D eigenvalue weighted by molar-refractivity contribution is -0.00933. The second-order valence-corrected chi connectivity index (χ2v) is 5.44. The third-order valence-electron chi connectivity index (χ3n) is 4.28. The Morgan fingerprint density at radius 3 is 3.05 bits per heavy atom. The van der Waals surface area contributed by atoms with Crippen molar-refractivity contribution in [1.29, 1.82) is 0 Å². The lowest BCUT2D eigenvalue weighted by Gasteiger charge is -2.43. The highest BCUT2D eigenvalue weighted by atomic mass is 16.5. The minimum Gasteiger partial charge on any atom is -0.374 e. The van der Waals surface area contributed by atoms with Crippen LogP contribution < -0.4 is 10.6 Å². The molecule has 1 aromatic heterocycles. The van der Waals surface area contributed by atoms with Crippen LogP contribution in [0.5, 0.6) is 0 Å². The van der Waals surface area contributed by atoms with E-state index in [1.165, 1.54) is 25.7 Å². The first kappa shape index (κ1) is 12.8. The minimum absolute atomic E-state index is 0.362. The van der Waals surface area contributed by atoms with Gasteiger partial charge < -0.3 is 15.4 Å². The Balaban J connectivity index is 1.85. The van der Waals surface area contributed by atoms with Gasteiger partial charge in [0.25, 0.3) is 0 Å². The van der Waals surface area contributed by atoms with Crippen molar-refractivity contribution < 1.29 is 4.74 Å². The number of rotatable bonds is 2. The third-order valence-corrected chi connectivity index (χ3v) is 4.28. The van der Waals surface area contributed by atoms with Crippen LogP contribution >= 0.6 is 0 Å². The molecule has 19 heavy (non-hydrogen) atoms. The topological polar surface area (TPSA) is 64.3 Å². The summed E-state index contributed by atoms with van der Waals surface area (Å²) in [5.41, 5.74) is 7.69. The van der Waals surface area contributed by atoms with Crippen molar-refractivity contribution in [2.45, 2.75) is 51.3 Å². The molecule has 2 heterocycles. The number of hydrogen-bond donors (Lipinski definition) is 1. The van der Waals surface area contributed by atoms with Gasteiger partial charge >= 0.3 is 0 Å². The maximum atomic E-state index is 5.89. The van der Waals surface area contributed by atoms with E-state index in [2.05, 4.69) is 14.9 Å². The lowest BCUT2D eigenvalue weighted by Crippen LogP contribution is -2.53. The summed E-state index contributed by atoms with van der Waals surface area (Å²) in [4.78, 5) is 11.5. The summed E-state index contributed by atoms with van der Waals surface area (Å²) in [5.74, 6) is 0.843. The zero-order chi connectivity index (χ0) is 13.2. The Morgan fingerprint density at radius 1 is 1.42 bits per heavy atom. The number of nitrogens with two attached hydrogens (primary N) is 1. The second-order valence-electron chi connectivity index (χ2n) is 5.44. The van der Waals surface area contributed by atoms with E-state index < -0.39 is 0 Å². The van der Waals surface area contributed by atoms with Crippen LogP contribution in [-0.4, -0.2) is 35.3 Å². The van der Waals surface area contributed by atoms with Crippen LogP contribution in [0, 0.1) is 6.92 Å². The highest BCUT2D eigenvalue weighted by Crippen LogP contribution is 2.30. The van der Waals surface area contributed by atoms with Crippen LogP contribution in [0.3, 0.4) is 0 Å². The van der Waals surface area contributed by atoms with Gasteiger partial charge in [-0.05, 0) is 19.8 Å². The summed E-state index contributed by atoms with van der Waals surface area (Å²) in [7, 11) is 0. The van der Waals surface area contributed by atoms with Gasteiger partial charge in [-0.15, -0.1) is 0 Å². The molecular formula is C14H22N4O. The predicted octanol–water partition coefficient (Wildman–Crippen LogP) is 1.39. The average Bonchev–Trinajstić information content (AvgIpc) is 2.46. The summed E-state index contributed by atoms with van der Waals surface area (Å²) in [5, 5.41) is 0. The van der Waals surface area contributed by atoms with Gasteiger partial charge in [-0.1, -0.05) is 12.8 Å². The fourth-order valence-corrected chi connectivity index (χ4v) is 3.16. The highest BCUT2D eigenvalue weighted by Gasteiger charge is 2.35. The average molecular weight is 262 g/mol. The molecule has 1 saturated carbocycles. The number of morpholine rings is 1. The van der Waals surface area contributed by atoms with E-state index >= 15 is 0 Å². The Labute approximate surface area is 114 Å². The molecule has 0 spiro atoms. The van der Waals surface area contributed by atoms with E-state index in [1.807, 2.05) is 13.1 Å². The number of fused-ring (bicyclic) bond motifs is 1. The Kier molecular flexibility index (Phi) is 3.66. The van der Waals surface area contributed by atoms with E-state index in [1.54, 1.807) is 0 Å². The Morgan fingerprint density at radius 2 is 2.26 bits per heavy atom. The van der Waals surface area contributed by atoms with E-state index in [-0.39, 0.29) is 0 Å². The molecule has 0 bridgehead atoms. The predicted molar refractivity (Wildman–Crippen MR) is 74.0 cm³/mol. The SMILES string of the molecule is Cc1nc(N2CCOC3CCCCC32)ncc1CN. The minimum atomic E-state index is 0.362. The maximum Gasteiger partial charge on any atom is 0.225 e. The van der Waals surface area contributed by atoms with Crippen LogP contribution in [0.15, 0.2) is 6.20 Å². The van der Waals surface area contributed by atoms with Crippen molar-refractivity contribution in [3.63, 3.8) is 0 Å². The van der Waals surface area contributed by atoms with Crippen molar-refractivity contribution in [3.05, 3.63) is 17.5 Å². The molecule has 5 heteroatoms. The first-order valence-electron chi connectivity index (χ1n) is 7.20. The molecule has 1 aliphatic carbocycles. The van der Waals surface area contributed by atoms with Crippen LogP contribution in [0.25, 0.3) is 0 Å².